The van der Waals surface area contributed by atoms with Gasteiger partial charge in [-0.1, -0.05) is 12.1 Å². The Balaban J connectivity index is 2.52. The highest BCUT2D eigenvalue weighted by atomic mass is 79.9. The van der Waals surface area contributed by atoms with Crippen LogP contribution in [0.5, 0.6) is 0 Å². The molecule has 1 rings (SSSR count). The molecule has 0 unspecified atom stereocenters. The molecule has 96 valence electrons. The summed E-state index contributed by atoms with van der Waals surface area (Å²) in [5.74, 6) is 0.149. The standard InChI is InChI=1S/C11H17BrN2O2S/c1-13-8-4-5-9-17(15,16)14-11-7-3-2-6-10(11)12/h2-3,6-7,13-14H,4-5,8-9H2,1H3. The summed E-state index contributed by atoms with van der Waals surface area (Å²) in [6, 6.07) is 7.17. The molecule has 0 heterocycles. The lowest BCUT2D eigenvalue weighted by Gasteiger charge is -2.09. The van der Waals surface area contributed by atoms with Crippen molar-refractivity contribution in [3.8, 4) is 0 Å². The first-order valence-electron chi connectivity index (χ1n) is 5.45. The highest BCUT2D eigenvalue weighted by Crippen LogP contribution is 2.22. The van der Waals surface area contributed by atoms with Crippen molar-refractivity contribution in [3.05, 3.63) is 28.7 Å². The Hall–Kier alpha value is -0.590. The minimum atomic E-state index is -3.25. The first-order chi connectivity index (χ1) is 8.05. The van der Waals surface area contributed by atoms with Crippen molar-refractivity contribution in [1.29, 1.82) is 0 Å². The van der Waals surface area contributed by atoms with E-state index in [0.29, 0.717) is 12.1 Å². The number of rotatable bonds is 7. The fourth-order valence-corrected chi connectivity index (χ4v) is 3.07. The Labute approximate surface area is 111 Å². The number of benzene rings is 1. The van der Waals surface area contributed by atoms with Crippen LogP contribution in [0.15, 0.2) is 28.7 Å². The molecule has 0 radical (unpaired) electrons. The molecule has 1 aromatic rings. The summed E-state index contributed by atoms with van der Waals surface area (Å²) in [4.78, 5) is 0. The number of nitrogens with one attached hydrogen (secondary N) is 2. The number of sulfonamides is 1. The third-order valence-corrected chi connectivity index (χ3v) is 4.28. The zero-order valence-corrected chi connectivity index (χ0v) is 12.1. The van der Waals surface area contributed by atoms with Crippen molar-refractivity contribution in [2.75, 3.05) is 24.1 Å². The molecular weight excluding hydrogens is 304 g/mol. The van der Waals surface area contributed by atoms with Gasteiger partial charge in [-0.3, -0.25) is 4.72 Å². The third-order valence-electron chi connectivity index (χ3n) is 2.23. The van der Waals surface area contributed by atoms with Gasteiger partial charge in [-0.05, 0) is 54.5 Å². The Morgan fingerprint density at radius 1 is 1.24 bits per heavy atom. The maximum absolute atomic E-state index is 11.8. The topological polar surface area (TPSA) is 58.2 Å². The van der Waals surface area contributed by atoms with Gasteiger partial charge in [0, 0.05) is 4.47 Å². The highest BCUT2D eigenvalue weighted by molar-refractivity contribution is 9.10. The average Bonchev–Trinajstić information content (AvgIpc) is 2.28. The minimum Gasteiger partial charge on any atom is -0.320 e. The van der Waals surface area contributed by atoms with Crippen molar-refractivity contribution in [2.45, 2.75) is 12.8 Å². The van der Waals surface area contributed by atoms with E-state index in [9.17, 15) is 8.42 Å². The van der Waals surface area contributed by atoms with E-state index in [1.807, 2.05) is 13.1 Å². The van der Waals surface area contributed by atoms with Crippen molar-refractivity contribution in [1.82, 2.24) is 5.32 Å². The van der Waals surface area contributed by atoms with Crippen LogP contribution in [0, 0.1) is 0 Å². The second-order valence-corrected chi connectivity index (χ2v) is 6.41. The van der Waals surface area contributed by atoms with Crippen molar-refractivity contribution in [2.24, 2.45) is 0 Å². The molecular formula is C11H17BrN2O2S. The number of anilines is 1. The predicted octanol–water partition coefficient (Wildman–Crippen LogP) is 2.19. The molecule has 0 aliphatic rings. The van der Waals surface area contributed by atoms with Gasteiger partial charge in [0.25, 0.3) is 0 Å². The molecule has 0 aromatic heterocycles. The van der Waals surface area contributed by atoms with Crippen LogP contribution in [0.3, 0.4) is 0 Å². The van der Waals surface area contributed by atoms with Crippen LogP contribution in [0.2, 0.25) is 0 Å². The molecule has 0 amide bonds. The molecule has 0 saturated carbocycles. The molecule has 0 aliphatic heterocycles. The van der Waals surface area contributed by atoms with E-state index in [1.165, 1.54) is 0 Å². The Morgan fingerprint density at radius 3 is 2.59 bits per heavy atom. The lowest BCUT2D eigenvalue weighted by molar-refractivity contribution is 0.595. The van der Waals surface area contributed by atoms with Gasteiger partial charge in [0.1, 0.15) is 0 Å². The smallest absolute Gasteiger partial charge is 0.232 e. The lowest BCUT2D eigenvalue weighted by Crippen LogP contribution is -2.18. The Kier molecular flexibility index (Phi) is 5.94. The van der Waals surface area contributed by atoms with Gasteiger partial charge >= 0.3 is 0 Å². The van der Waals surface area contributed by atoms with Gasteiger partial charge in [-0.15, -0.1) is 0 Å². The molecule has 0 fully saturated rings. The van der Waals surface area contributed by atoms with E-state index in [2.05, 4.69) is 26.0 Å². The van der Waals surface area contributed by atoms with Crippen molar-refractivity contribution >= 4 is 31.6 Å². The summed E-state index contributed by atoms with van der Waals surface area (Å²) < 4.78 is 26.8. The van der Waals surface area contributed by atoms with Crippen molar-refractivity contribution in [3.63, 3.8) is 0 Å². The maximum atomic E-state index is 11.8. The van der Waals surface area contributed by atoms with Crippen molar-refractivity contribution < 1.29 is 8.42 Å². The summed E-state index contributed by atoms with van der Waals surface area (Å²) in [7, 11) is -1.39. The molecule has 0 aliphatic carbocycles. The average molecular weight is 321 g/mol. The quantitative estimate of drug-likeness (QED) is 0.757. The van der Waals surface area contributed by atoms with Crippen LogP contribution in [0.1, 0.15) is 12.8 Å². The van der Waals surface area contributed by atoms with E-state index >= 15 is 0 Å². The van der Waals surface area contributed by atoms with Gasteiger partial charge in [0.2, 0.25) is 10.0 Å². The molecule has 17 heavy (non-hydrogen) atoms. The van der Waals surface area contributed by atoms with Gasteiger partial charge in [-0.25, -0.2) is 8.42 Å². The fraction of sp³-hybridized carbons (Fsp3) is 0.455. The number of hydrogen-bond acceptors (Lipinski definition) is 3. The Bertz CT molecular complexity index is 449. The van der Waals surface area contributed by atoms with Crippen LogP contribution < -0.4 is 10.0 Å². The number of para-hydroxylation sites is 1. The van der Waals surface area contributed by atoms with E-state index < -0.39 is 10.0 Å². The molecule has 1 aromatic carbocycles. The fourth-order valence-electron chi connectivity index (χ4n) is 1.36. The molecule has 4 nitrogen and oxygen atoms in total. The summed E-state index contributed by atoms with van der Waals surface area (Å²) >= 11 is 3.31. The number of hydrogen-bond donors (Lipinski definition) is 2. The van der Waals surface area contributed by atoms with Gasteiger partial charge in [-0.2, -0.15) is 0 Å². The third kappa shape index (κ3) is 5.52. The van der Waals surface area contributed by atoms with E-state index in [0.717, 1.165) is 17.4 Å². The van der Waals surface area contributed by atoms with E-state index in [1.54, 1.807) is 18.2 Å². The normalized spacial score (nSPS) is 11.4. The molecule has 6 heteroatoms. The largest absolute Gasteiger partial charge is 0.320 e. The molecule has 0 bridgehead atoms. The van der Waals surface area contributed by atoms with Gasteiger partial charge < -0.3 is 5.32 Å². The molecule has 0 saturated heterocycles. The Morgan fingerprint density at radius 2 is 1.94 bits per heavy atom. The molecule has 0 atom stereocenters. The maximum Gasteiger partial charge on any atom is 0.232 e. The van der Waals surface area contributed by atoms with Gasteiger partial charge in [0.05, 0.1) is 11.4 Å². The van der Waals surface area contributed by atoms with Crippen LogP contribution in [0.4, 0.5) is 5.69 Å². The highest BCUT2D eigenvalue weighted by Gasteiger charge is 2.11. The first kappa shape index (κ1) is 14.5. The monoisotopic (exact) mass is 320 g/mol. The van der Waals surface area contributed by atoms with Gasteiger partial charge in [0.15, 0.2) is 0 Å². The predicted molar refractivity (Wildman–Crippen MR) is 74.7 cm³/mol. The van der Waals surface area contributed by atoms with Crippen LogP contribution in [0.25, 0.3) is 0 Å². The lowest BCUT2D eigenvalue weighted by atomic mass is 10.3. The van der Waals surface area contributed by atoms with Crippen LogP contribution >= 0.6 is 15.9 Å². The second-order valence-electron chi connectivity index (χ2n) is 3.71. The zero-order valence-electron chi connectivity index (χ0n) is 9.74. The summed E-state index contributed by atoms with van der Waals surface area (Å²) in [6.45, 7) is 0.838. The molecule has 2 N–H and O–H groups in total. The minimum absolute atomic E-state index is 0.149. The van der Waals surface area contributed by atoms with E-state index in [4.69, 9.17) is 0 Å². The van der Waals surface area contributed by atoms with Crippen LogP contribution in [-0.4, -0.2) is 27.8 Å². The summed E-state index contributed by atoms with van der Waals surface area (Å²) in [5, 5.41) is 2.99. The summed E-state index contributed by atoms with van der Waals surface area (Å²) in [5.41, 5.74) is 0.584. The number of unbranched alkanes of at least 4 members (excludes halogenated alkanes) is 1. The SMILES string of the molecule is CNCCCCS(=O)(=O)Nc1ccccc1Br. The summed E-state index contributed by atoms with van der Waals surface area (Å²) in [6.07, 6.45) is 1.51. The van der Waals surface area contributed by atoms with Crippen LogP contribution in [-0.2, 0) is 10.0 Å². The molecule has 0 spiro atoms. The zero-order chi connectivity index (χ0) is 12.7. The number of halogens is 1. The second kappa shape index (κ2) is 6.98. The van der Waals surface area contributed by atoms with E-state index in [-0.39, 0.29) is 5.75 Å². The first-order valence-corrected chi connectivity index (χ1v) is 7.89.